The van der Waals surface area contributed by atoms with Gasteiger partial charge in [-0.1, -0.05) is 0 Å². The van der Waals surface area contributed by atoms with Crippen LogP contribution in [0.3, 0.4) is 0 Å². The summed E-state index contributed by atoms with van der Waals surface area (Å²) in [7, 11) is 2.90. The molecule has 1 amide bonds. The van der Waals surface area contributed by atoms with Crippen LogP contribution in [-0.2, 0) is 18.9 Å². The van der Waals surface area contributed by atoms with Crippen LogP contribution in [0.2, 0.25) is 0 Å². The molecule has 0 aliphatic rings. The zero-order chi connectivity index (χ0) is 17.1. The number of aliphatic imine (C=N–C) groups is 1. The molecular formula is C14H23N5O3. The first kappa shape index (κ1) is 17.7. The molecule has 0 spiro atoms. The van der Waals surface area contributed by atoms with Crippen molar-refractivity contribution in [3.63, 3.8) is 0 Å². The summed E-state index contributed by atoms with van der Waals surface area (Å²) in [5.74, 6) is -0.0611. The number of anilines is 1. The van der Waals surface area contributed by atoms with Gasteiger partial charge in [-0.15, -0.1) is 0 Å². The van der Waals surface area contributed by atoms with Crippen LogP contribution in [0.5, 0.6) is 0 Å². The van der Waals surface area contributed by atoms with Gasteiger partial charge < -0.3 is 10.6 Å². The first-order chi connectivity index (χ1) is 10.1. The Balaban J connectivity index is 3.17. The largest absolute Gasteiger partial charge is 0.369 e. The van der Waals surface area contributed by atoms with Gasteiger partial charge in [0.15, 0.2) is 5.82 Å². The van der Waals surface area contributed by atoms with Gasteiger partial charge in [-0.05, 0) is 27.7 Å². The molecule has 1 aromatic heterocycles. The highest BCUT2D eigenvalue weighted by Gasteiger charge is 2.17. The van der Waals surface area contributed by atoms with E-state index in [1.165, 1.54) is 24.9 Å². The van der Waals surface area contributed by atoms with Gasteiger partial charge in [-0.3, -0.25) is 18.7 Å². The number of rotatable bonds is 4. The summed E-state index contributed by atoms with van der Waals surface area (Å²) in [4.78, 5) is 40.0. The highest BCUT2D eigenvalue weighted by molar-refractivity contribution is 5.82. The van der Waals surface area contributed by atoms with Crippen molar-refractivity contribution in [2.24, 2.45) is 19.1 Å². The average Bonchev–Trinajstić information content (AvgIpc) is 2.40. The predicted molar refractivity (Wildman–Crippen MR) is 87.1 cm³/mol. The van der Waals surface area contributed by atoms with Gasteiger partial charge in [0.05, 0.1) is 6.54 Å². The van der Waals surface area contributed by atoms with Gasteiger partial charge in [0, 0.05) is 25.8 Å². The molecule has 0 saturated carbocycles. The number of nitrogens with one attached hydrogen (secondary N) is 2. The summed E-state index contributed by atoms with van der Waals surface area (Å²) in [6.07, 6.45) is 1.48. The van der Waals surface area contributed by atoms with Crippen LogP contribution in [0, 0.1) is 0 Å². The smallest absolute Gasteiger partial charge is 0.332 e. The molecule has 0 aliphatic carbocycles. The van der Waals surface area contributed by atoms with Crippen LogP contribution in [0.15, 0.2) is 14.6 Å². The van der Waals surface area contributed by atoms with E-state index in [-0.39, 0.29) is 29.5 Å². The van der Waals surface area contributed by atoms with Crippen LogP contribution >= 0.6 is 0 Å². The zero-order valence-corrected chi connectivity index (χ0v) is 13.9. The van der Waals surface area contributed by atoms with E-state index in [1.54, 1.807) is 6.92 Å². The molecule has 0 saturated heterocycles. The van der Waals surface area contributed by atoms with E-state index in [0.29, 0.717) is 0 Å². The molecule has 22 heavy (non-hydrogen) atoms. The quantitative estimate of drug-likeness (QED) is 0.773. The second-order valence-corrected chi connectivity index (χ2v) is 5.94. The first-order valence-electron chi connectivity index (χ1n) is 6.92. The van der Waals surface area contributed by atoms with Gasteiger partial charge in [0.2, 0.25) is 5.91 Å². The second kappa shape index (κ2) is 6.59. The van der Waals surface area contributed by atoms with Crippen LogP contribution in [-0.4, -0.2) is 33.3 Å². The van der Waals surface area contributed by atoms with E-state index in [1.807, 2.05) is 20.8 Å². The maximum absolute atomic E-state index is 12.2. The summed E-state index contributed by atoms with van der Waals surface area (Å²) in [6.45, 7) is 7.18. The van der Waals surface area contributed by atoms with Crippen molar-refractivity contribution in [3.8, 4) is 0 Å². The Bertz CT molecular complexity index is 707. The molecule has 1 heterocycles. The first-order valence-corrected chi connectivity index (χ1v) is 6.92. The summed E-state index contributed by atoms with van der Waals surface area (Å²) in [5, 5.41) is 5.56. The Morgan fingerprint density at radius 2 is 1.82 bits per heavy atom. The van der Waals surface area contributed by atoms with Crippen molar-refractivity contribution < 1.29 is 4.79 Å². The fourth-order valence-electron chi connectivity index (χ4n) is 1.89. The highest BCUT2D eigenvalue weighted by atomic mass is 16.2. The fraction of sp³-hybridized carbons (Fsp3) is 0.571. The summed E-state index contributed by atoms with van der Waals surface area (Å²) < 4.78 is 2.23. The molecule has 0 aliphatic heterocycles. The third kappa shape index (κ3) is 4.06. The van der Waals surface area contributed by atoms with Crippen molar-refractivity contribution in [1.82, 2.24) is 14.5 Å². The molecule has 8 nitrogen and oxygen atoms in total. The second-order valence-electron chi connectivity index (χ2n) is 5.94. The number of aromatic nitrogens is 2. The minimum Gasteiger partial charge on any atom is -0.369 e. The summed E-state index contributed by atoms with van der Waals surface area (Å²) in [6, 6.07) is 0. The van der Waals surface area contributed by atoms with Crippen molar-refractivity contribution >= 4 is 23.6 Å². The van der Waals surface area contributed by atoms with E-state index in [2.05, 4.69) is 15.6 Å². The molecule has 122 valence electrons. The summed E-state index contributed by atoms with van der Waals surface area (Å²) >= 11 is 0. The van der Waals surface area contributed by atoms with E-state index >= 15 is 0 Å². The lowest BCUT2D eigenvalue weighted by Crippen LogP contribution is -2.44. The Kier molecular flexibility index (Phi) is 5.29. The fourth-order valence-corrected chi connectivity index (χ4v) is 1.89. The standard InChI is InChI=1S/C14H23N5O3/c1-7-15-11-10(12(21)19(6)13(22)18(11)5)16-8-9(20)17-14(2,3)4/h7,16H,8H2,1-6H3,(H,17,20). The molecule has 1 rings (SSSR count). The van der Waals surface area contributed by atoms with E-state index in [0.717, 1.165) is 4.57 Å². The van der Waals surface area contributed by atoms with Crippen molar-refractivity contribution in [1.29, 1.82) is 0 Å². The maximum Gasteiger partial charge on any atom is 0.332 e. The van der Waals surface area contributed by atoms with Crippen LogP contribution in [0.25, 0.3) is 0 Å². The van der Waals surface area contributed by atoms with Gasteiger partial charge in [-0.2, -0.15) is 0 Å². The van der Waals surface area contributed by atoms with Gasteiger partial charge in [-0.25, -0.2) is 9.79 Å². The van der Waals surface area contributed by atoms with E-state index in [4.69, 9.17) is 0 Å². The minimum absolute atomic E-state index is 0.0864. The van der Waals surface area contributed by atoms with Crippen molar-refractivity contribution in [3.05, 3.63) is 20.8 Å². The van der Waals surface area contributed by atoms with Crippen LogP contribution in [0.1, 0.15) is 27.7 Å². The lowest BCUT2D eigenvalue weighted by Gasteiger charge is -2.21. The van der Waals surface area contributed by atoms with E-state index < -0.39 is 11.2 Å². The van der Waals surface area contributed by atoms with Crippen LogP contribution < -0.4 is 21.9 Å². The van der Waals surface area contributed by atoms with Gasteiger partial charge >= 0.3 is 5.69 Å². The normalized spacial score (nSPS) is 11.7. The zero-order valence-electron chi connectivity index (χ0n) is 13.9. The van der Waals surface area contributed by atoms with Crippen molar-refractivity contribution in [2.75, 3.05) is 11.9 Å². The number of hydrogen-bond donors (Lipinski definition) is 2. The molecule has 0 atom stereocenters. The molecular weight excluding hydrogens is 286 g/mol. The lowest BCUT2D eigenvalue weighted by molar-refractivity contribution is -0.120. The Morgan fingerprint density at radius 3 is 2.32 bits per heavy atom. The molecule has 0 bridgehead atoms. The Morgan fingerprint density at radius 1 is 1.23 bits per heavy atom. The van der Waals surface area contributed by atoms with Gasteiger partial charge in [0.1, 0.15) is 5.69 Å². The third-order valence-corrected chi connectivity index (χ3v) is 2.83. The average molecular weight is 309 g/mol. The summed E-state index contributed by atoms with van der Waals surface area (Å²) in [5.41, 5.74) is -1.24. The highest BCUT2D eigenvalue weighted by Crippen LogP contribution is 2.17. The lowest BCUT2D eigenvalue weighted by atomic mass is 10.1. The molecule has 0 aromatic carbocycles. The third-order valence-electron chi connectivity index (χ3n) is 2.83. The number of carbonyl (C=O) groups is 1. The topological polar surface area (TPSA) is 97.5 Å². The minimum atomic E-state index is -0.521. The monoisotopic (exact) mass is 309 g/mol. The molecule has 2 N–H and O–H groups in total. The number of carbonyl (C=O) groups excluding carboxylic acids is 1. The van der Waals surface area contributed by atoms with E-state index in [9.17, 15) is 14.4 Å². The molecule has 1 aromatic rings. The predicted octanol–water partition coefficient (Wildman–Crippen LogP) is 0.133. The van der Waals surface area contributed by atoms with Gasteiger partial charge in [0.25, 0.3) is 5.56 Å². The number of nitrogens with zero attached hydrogens (tertiary/aromatic N) is 3. The maximum atomic E-state index is 12.2. The van der Waals surface area contributed by atoms with Crippen LogP contribution in [0.4, 0.5) is 11.5 Å². The molecule has 8 heteroatoms. The Hall–Kier alpha value is -2.38. The number of amides is 1. The number of hydrogen-bond acceptors (Lipinski definition) is 5. The Labute approximate surface area is 128 Å². The molecule has 0 fully saturated rings. The molecule has 0 unspecified atom stereocenters. The molecule has 0 radical (unpaired) electrons. The SMILES string of the molecule is CC=Nc1c(NCC(=O)NC(C)(C)C)c(=O)n(C)c(=O)n1C. The van der Waals surface area contributed by atoms with Crippen molar-refractivity contribution in [2.45, 2.75) is 33.2 Å².